The van der Waals surface area contributed by atoms with Gasteiger partial charge in [-0.05, 0) is 22.0 Å². The molecule has 30 heavy (non-hydrogen) atoms. The summed E-state index contributed by atoms with van der Waals surface area (Å²) in [5.41, 5.74) is 5.92. The number of carbonyl (C=O) groups is 1. The van der Waals surface area contributed by atoms with Gasteiger partial charge in [-0.15, -0.1) is 0 Å². The van der Waals surface area contributed by atoms with Gasteiger partial charge < -0.3 is 10.8 Å². The highest BCUT2D eigenvalue weighted by molar-refractivity contribution is 8.02. The highest BCUT2D eigenvalue weighted by Crippen LogP contribution is 2.28. The fourth-order valence-corrected chi connectivity index (χ4v) is 12.6. The first-order valence-corrected chi connectivity index (χ1v) is 13.5. The van der Waals surface area contributed by atoms with E-state index in [9.17, 15) is 9.90 Å². The van der Waals surface area contributed by atoms with Crippen molar-refractivity contribution in [3.63, 3.8) is 0 Å². The summed E-state index contributed by atoms with van der Waals surface area (Å²) in [5, 5.41) is 13.4. The molecule has 156 valence electrons. The third kappa shape index (κ3) is 4.69. The Hall–Kier alpha value is -2.34. The van der Waals surface area contributed by atoms with Gasteiger partial charge in [-0.1, -0.05) is 104 Å². The molecule has 3 rings (SSSR count). The monoisotopic (exact) mass is 435 g/mol. The van der Waals surface area contributed by atoms with Gasteiger partial charge in [0.05, 0.1) is 0 Å². The van der Waals surface area contributed by atoms with Gasteiger partial charge in [-0.2, -0.15) is 11.8 Å². The molecule has 3 aromatic rings. The molecule has 2 unspecified atom stereocenters. The van der Waals surface area contributed by atoms with Crippen LogP contribution in [0.2, 0.25) is 0 Å². The summed E-state index contributed by atoms with van der Waals surface area (Å²) in [7, 11) is -2.46. The van der Waals surface area contributed by atoms with Gasteiger partial charge >= 0.3 is 5.97 Å². The van der Waals surface area contributed by atoms with Crippen molar-refractivity contribution in [2.75, 3.05) is 5.75 Å². The molecule has 3 aromatic carbocycles. The average Bonchev–Trinajstić information content (AvgIpc) is 2.80. The van der Waals surface area contributed by atoms with E-state index >= 15 is 0 Å². The number of aliphatic carboxylic acids is 1. The standard InChI is InChI=1S/C25H29NO2SSi/c1-2-12-24(29-19-23(26)25(27)28)30(20-13-6-3-7-14-20,21-15-8-4-9-16-21)22-17-10-5-11-18-22/h3-11,13-18,23-24H,2,12,19,26H2,1H3,(H,27,28). The Morgan fingerprint density at radius 1 is 0.867 bits per heavy atom. The van der Waals surface area contributed by atoms with E-state index in [1.54, 1.807) is 11.8 Å². The zero-order valence-electron chi connectivity index (χ0n) is 17.3. The Labute approximate surface area is 184 Å². The first-order valence-electron chi connectivity index (χ1n) is 10.4. The Morgan fingerprint density at radius 2 is 1.27 bits per heavy atom. The minimum Gasteiger partial charge on any atom is -0.480 e. The molecule has 0 aliphatic heterocycles. The Balaban J connectivity index is 2.24. The predicted octanol–water partition coefficient (Wildman–Crippen LogP) is 3.01. The van der Waals surface area contributed by atoms with Crippen LogP contribution < -0.4 is 21.3 Å². The van der Waals surface area contributed by atoms with Crippen LogP contribution in [0.25, 0.3) is 0 Å². The van der Waals surface area contributed by atoms with Crippen molar-refractivity contribution >= 4 is 41.4 Å². The maximum absolute atomic E-state index is 11.4. The molecule has 0 aliphatic rings. The smallest absolute Gasteiger partial charge is 0.321 e. The Kier molecular flexibility index (Phi) is 7.91. The highest BCUT2D eigenvalue weighted by Gasteiger charge is 2.46. The van der Waals surface area contributed by atoms with Crippen LogP contribution in [-0.2, 0) is 4.79 Å². The van der Waals surface area contributed by atoms with Crippen LogP contribution in [0.15, 0.2) is 91.0 Å². The van der Waals surface area contributed by atoms with E-state index in [-0.39, 0.29) is 4.87 Å². The summed E-state index contributed by atoms with van der Waals surface area (Å²) >= 11 is 1.73. The zero-order chi connectivity index (χ0) is 21.4. The van der Waals surface area contributed by atoms with E-state index in [0.29, 0.717) is 5.75 Å². The molecule has 0 saturated carbocycles. The van der Waals surface area contributed by atoms with E-state index in [1.165, 1.54) is 15.6 Å². The average molecular weight is 436 g/mol. The van der Waals surface area contributed by atoms with E-state index in [2.05, 4.69) is 97.9 Å². The molecule has 0 amide bonds. The van der Waals surface area contributed by atoms with Gasteiger partial charge in [-0.25, -0.2) is 0 Å². The molecule has 0 aromatic heterocycles. The van der Waals surface area contributed by atoms with Crippen LogP contribution in [0, 0.1) is 0 Å². The molecule has 0 spiro atoms. The van der Waals surface area contributed by atoms with Gasteiger partial charge in [0.2, 0.25) is 0 Å². The largest absolute Gasteiger partial charge is 0.480 e. The molecular weight excluding hydrogens is 406 g/mol. The quantitative estimate of drug-likeness (QED) is 0.380. The van der Waals surface area contributed by atoms with Crippen molar-refractivity contribution < 1.29 is 9.90 Å². The van der Waals surface area contributed by atoms with Crippen LogP contribution in [0.4, 0.5) is 0 Å². The van der Waals surface area contributed by atoms with E-state index in [4.69, 9.17) is 5.73 Å². The van der Waals surface area contributed by atoms with Crippen LogP contribution in [0.3, 0.4) is 0 Å². The second-order valence-corrected chi connectivity index (χ2v) is 13.2. The van der Waals surface area contributed by atoms with Crippen molar-refractivity contribution in [3.05, 3.63) is 91.0 Å². The topological polar surface area (TPSA) is 63.3 Å². The minimum atomic E-state index is -2.46. The number of carboxylic acid groups (broad SMARTS) is 1. The molecule has 0 radical (unpaired) electrons. The summed E-state index contributed by atoms with van der Waals surface area (Å²) in [5.74, 6) is -0.537. The number of rotatable bonds is 10. The lowest BCUT2D eigenvalue weighted by atomic mass is 10.3. The first-order chi connectivity index (χ1) is 14.6. The molecular formula is C25H29NO2SSi. The van der Waals surface area contributed by atoms with Crippen LogP contribution >= 0.6 is 11.8 Å². The van der Waals surface area contributed by atoms with Crippen molar-refractivity contribution in [2.24, 2.45) is 5.73 Å². The minimum absolute atomic E-state index is 0.264. The Bertz CT molecular complexity index is 825. The van der Waals surface area contributed by atoms with Crippen molar-refractivity contribution in [2.45, 2.75) is 30.7 Å². The third-order valence-corrected chi connectivity index (χ3v) is 13.3. The molecule has 3 N–H and O–H groups in total. The summed E-state index contributed by atoms with van der Waals surface area (Å²) in [6, 6.07) is 31.4. The van der Waals surface area contributed by atoms with Crippen LogP contribution in [0.1, 0.15) is 19.8 Å². The number of hydrogen-bond donors (Lipinski definition) is 2. The maximum atomic E-state index is 11.4. The molecule has 2 atom stereocenters. The lowest BCUT2D eigenvalue weighted by molar-refractivity contribution is -0.137. The van der Waals surface area contributed by atoms with E-state index in [1.807, 2.05) is 0 Å². The first kappa shape index (κ1) is 22.3. The van der Waals surface area contributed by atoms with Crippen LogP contribution in [-0.4, -0.2) is 35.8 Å². The lowest BCUT2D eigenvalue weighted by Gasteiger charge is -2.40. The zero-order valence-corrected chi connectivity index (χ0v) is 19.1. The van der Waals surface area contributed by atoms with Gasteiger partial charge in [0.1, 0.15) is 6.04 Å². The maximum Gasteiger partial charge on any atom is 0.321 e. The molecule has 0 saturated heterocycles. The highest BCUT2D eigenvalue weighted by atomic mass is 32.2. The summed E-state index contributed by atoms with van der Waals surface area (Å²) in [6.45, 7) is 2.20. The Morgan fingerprint density at radius 3 is 1.60 bits per heavy atom. The van der Waals surface area contributed by atoms with Crippen molar-refractivity contribution in [1.29, 1.82) is 0 Å². The lowest BCUT2D eigenvalue weighted by Crippen LogP contribution is -2.73. The normalized spacial score (nSPS) is 13.5. The third-order valence-electron chi connectivity index (χ3n) is 5.52. The van der Waals surface area contributed by atoms with Gasteiger partial charge in [0, 0.05) is 10.6 Å². The second-order valence-electron chi connectivity index (χ2n) is 7.46. The van der Waals surface area contributed by atoms with Gasteiger partial charge in [0.25, 0.3) is 0 Å². The predicted molar refractivity (Wildman–Crippen MR) is 131 cm³/mol. The van der Waals surface area contributed by atoms with Gasteiger partial charge in [-0.3, -0.25) is 4.79 Å². The summed E-state index contributed by atoms with van der Waals surface area (Å²) in [6.07, 6.45) is 2.03. The second kappa shape index (κ2) is 10.6. The van der Waals surface area contributed by atoms with Crippen molar-refractivity contribution in [1.82, 2.24) is 0 Å². The SMILES string of the molecule is CCCC(SCC(N)C(=O)O)[Si](c1ccccc1)(c1ccccc1)c1ccccc1. The molecule has 0 fully saturated rings. The number of benzene rings is 3. The number of nitrogens with two attached hydrogens (primary N) is 1. The fourth-order valence-electron chi connectivity index (χ4n) is 4.14. The van der Waals surface area contributed by atoms with Crippen molar-refractivity contribution in [3.8, 4) is 0 Å². The van der Waals surface area contributed by atoms with E-state index < -0.39 is 20.1 Å². The summed E-state index contributed by atoms with van der Waals surface area (Å²) in [4.78, 5) is 11.7. The molecule has 5 heteroatoms. The molecule has 0 heterocycles. The fraction of sp³-hybridized carbons (Fsp3) is 0.240. The molecule has 0 aliphatic carbocycles. The van der Waals surface area contributed by atoms with Gasteiger partial charge in [0.15, 0.2) is 8.07 Å². The number of thioether (sulfide) groups is 1. The summed E-state index contributed by atoms with van der Waals surface area (Å²) < 4.78 is 0. The number of carboxylic acids is 1. The molecule has 3 nitrogen and oxygen atoms in total. The van der Waals surface area contributed by atoms with Crippen LogP contribution in [0.5, 0.6) is 0 Å². The molecule has 0 bridgehead atoms. The number of hydrogen-bond acceptors (Lipinski definition) is 3. The van der Waals surface area contributed by atoms with E-state index in [0.717, 1.165) is 12.8 Å².